The second-order valence-corrected chi connectivity index (χ2v) is 11.8. The Bertz CT molecular complexity index is 1330. The normalized spacial score (nSPS) is 17.8. The van der Waals surface area contributed by atoms with E-state index in [4.69, 9.17) is 4.74 Å². The van der Waals surface area contributed by atoms with Gasteiger partial charge in [0.05, 0.1) is 23.0 Å². The summed E-state index contributed by atoms with van der Waals surface area (Å²) in [5.74, 6) is -1.39. The molecule has 198 valence electrons. The van der Waals surface area contributed by atoms with Crippen LogP contribution in [0.5, 0.6) is 0 Å². The summed E-state index contributed by atoms with van der Waals surface area (Å²) in [6.07, 6.45) is 2.08. The Hall–Kier alpha value is -2.76. The van der Waals surface area contributed by atoms with Gasteiger partial charge in [0, 0.05) is 41.9 Å². The lowest BCUT2D eigenvalue weighted by Crippen LogP contribution is -2.43. The molecule has 4 rings (SSSR count). The lowest BCUT2D eigenvalue weighted by molar-refractivity contribution is -0.121. The molecule has 1 N–H and O–H groups in total. The van der Waals surface area contributed by atoms with Crippen LogP contribution in [0.4, 0.5) is 11.4 Å². The van der Waals surface area contributed by atoms with Crippen molar-refractivity contribution in [3.63, 3.8) is 0 Å². The highest BCUT2D eigenvalue weighted by atomic mass is 79.9. The molecule has 2 aliphatic heterocycles. The van der Waals surface area contributed by atoms with Crippen LogP contribution in [-0.4, -0.2) is 56.7 Å². The molecule has 11 heteroatoms. The summed E-state index contributed by atoms with van der Waals surface area (Å²) in [6.45, 7) is 4.60. The van der Waals surface area contributed by atoms with E-state index >= 15 is 0 Å². The molecular formula is C26H30BrN3O6S. The predicted molar refractivity (Wildman–Crippen MR) is 143 cm³/mol. The third-order valence-electron chi connectivity index (χ3n) is 6.65. The van der Waals surface area contributed by atoms with Crippen molar-refractivity contribution in [2.45, 2.75) is 44.4 Å². The number of sulfonamides is 1. The maximum absolute atomic E-state index is 13.7. The van der Waals surface area contributed by atoms with Gasteiger partial charge in [-0.3, -0.25) is 9.59 Å². The zero-order chi connectivity index (χ0) is 26.7. The van der Waals surface area contributed by atoms with Crippen molar-refractivity contribution in [3.8, 4) is 0 Å². The van der Waals surface area contributed by atoms with Gasteiger partial charge < -0.3 is 15.0 Å². The van der Waals surface area contributed by atoms with Crippen LogP contribution in [0.2, 0.25) is 0 Å². The molecular weight excluding hydrogens is 562 g/mol. The van der Waals surface area contributed by atoms with E-state index in [1.165, 1.54) is 10.4 Å². The Balaban J connectivity index is 1.52. The average molecular weight is 593 g/mol. The van der Waals surface area contributed by atoms with Gasteiger partial charge >= 0.3 is 5.97 Å². The Morgan fingerprint density at radius 1 is 1.14 bits per heavy atom. The third-order valence-corrected chi connectivity index (χ3v) is 9.47. The summed E-state index contributed by atoms with van der Waals surface area (Å²) in [7, 11) is -3.93. The number of halogens is 1. The van der Waals surface area contributed by atoms with Crippen molar-refractivity contribution in [2.75, 3.05) is 36.5 Å². The molecule has 2 aromatic rings. The first kappa shape index (κ1) is 27.3. The largest absolute Gasteiger partial charge is 0.462 e. The maximum Gasteiger partial charge on any atom is 0.338 e. The number of piperidine rings is 1. The second-order valence-electron chi connectivity index (χ2n) is 9.05. The quantitative estimate of drug-likeness (QED) is 0.487. The Labute approximate surface area is 225 Å². The van der Waals surface area contributed by atoms with Gasteiger partial charge in [-0.15, -0.1) is 0 Å². The zero-order valence-electron chi connectivity index (χ0n) is 20.8. The fourth-order valence-corrected chi connectivity index (χ4v) is 7.33. The molecule has 1 fully saturated rings. The molecule has 0 aromatic heterocycles. The number of nitrogens with zero attached hydrogens (tertiary/aromatic N) is 2. The molecule has 2 aromatic carbocycles. The number of benzene rings is 2. The number of hydrogen-bond donors (Lipinski definition) is 1. The smallest absolute Gasteiger partial charge is 0.338 e. The highest BCUT2D eigenvalue weighted by Crippen LogP contribution is 2.37. The summed E-state index contributed by atoms with van der Waals surface area (Å²) in [5.41, 5.74) is 2.32. The highest BCUT2D eigenvalue weighted by molar-refractivity contribution is 9.10. The van der Waals surface area contributed by atoms with E-state index in [1.807, 2.05) is 0 Å². The van der Waals surface area contributed by atoms with Crippen LogP contribution in [0, 0.1) is 5.92 Å². The van der Waals surface area contributed by atoms with E-state index in [0.29, 0.717) is 60.2 Å². The summed E-state index contributed by atoms with van der Waals surface area (Å²) in [4.78, 5) is 39.2. The number of hydrogen-bond acceptors (Lipinski definition) is 6. The van der Waals surface area contributed by atoms with Gasteiger partial charge in [-0.1, -0.05) is 13.0 Å². The van der Waals surface area contributed by atoms with Crippen LogP contribution in [0.15, 0.2) is 45.8 Å². The molecule has 1 atom stereocenters. The van der Waals surface area contributed by atoms with E-state index in [0.717, 1.165) is 5.56 Å². The molecule has 2 aliphatic rings. The van der Waals surface area contributed by atoms with Crippen LogP contribution in [0.25, 0.3) is 0 Å². The summed E-state index contributed by atoms with van der Waals surface area (Å²) in [6, 6.07) is 9.81. The number of fused-ring (bicyclic) bond motifs is 1. The van der Waals surface area contributed by atoms with E-state index in [2.05, 4.69) is 21.2 Å². The minimum atomic E-state index is -3.93. The first-order valence-corrected chi connectivity index (χ1v) is 14.6. The monoisotopic (exact) mass is 591 g/mol. The summed E-state index contributed by atoms with van der Waals surface area (Å²) < 4.78 is 34.1. The number of amides is 2. The van der Waals surface area contributed by atoms with Crippen molar-refractivity contribution >= 4 is 55.1 Å². The number of carbonyl (C=O) groups is 3. The number of ether oxygens (including phenoxy) is 1. The average Bonchev–Trinajstić information content (AvgIpc) is 3.30. The first-order chi connectivity index (χ1) is 17.6. The maximum atomic E-state index is 13.7. The molecule has 0 radical (unpaired) electrons. The summed E-state index contributed by atoms with van der Waals surface area (Å²) in [5, 5.41) is 2.81. The van der Waals surface area contributed by atoms with E-state index in [9.17, 15) is 22.8 Å². The Kier molecular flexibility index (Phi) is 8.35. The Morgan fingerprint density at radius 2 is 1.92 bits per heavy atom. The minimum Gasteiger partial charge on any atom is -0.462 e. The van der Waals surface area contributed by atoms with E-state index < -0.39 is 21.9 Å². The topological polar surface area (TPSA) is 113 Å². The highest BCUT2D eigenvalue weighted by Gasteiger charge is 2.36. The van der Waals surface area contributed by atoms with Gasteiger partial charge in [-0.25, -0.2) is 13.2 Å². The van der Waals surface area contributed by atoms with E-state index in [1.54, 1.807) is 49.1 Å². The zero-order valence-corrected chi connectivity index (χ0v) is 23.2. The van der Waals surface area contributed by atoms with Gasteiger partial charge in [-0.05, 0) is 78.0 Å². The van der Waals surface area contributed by atoms with Crippen molar-refractivity contribution < 1.29 is 27.5 Å². The van der Waals surface area contributed by atoms with E-state index in [-0.39, 0.29) is 29.9 Å². The predicted octanol–water partition coefficient (Wildman–Crippen LogP) is 3.96. The molecule has 37 heavy (non-hydrogen) atoms. The van der Waals surface area contributed by atoms with Crippen LogP contribution >= 0.6 is 15.9 Å². The number of nitrogens with one attached hydrogen (secondary N) is 1. The van der Waals surface area contributed by atoms with Crippen molar-refractivity contribution in [2.24, 2.45) is 5.92 Å². The number of anilines is 2. The third kappa shape index (κ3) is 5.73. The molecule has 2 amide bonds. The fourth-order valence-electron chi connectivity index (χ4n) is 4.73. The molecule has 0 unspecified atom stereocenters. The molecule has 9 nitrogen and oxygen atoms in total. The lowest BCUT2D eigenvalue weighted by Gasteiger charge is -2.31. The number of carbonyl (C=O) groups excluding carboxylic acids is 3. The molecule has 0 aliphatic carbocycles. The van der Waals surface area contributed by atoms with Crippen LogP contribution in [0.3, 0.4) is 0 Å². The van der Waals surface area contributed by atoms with Crippen molar-refractivity contribution in [1.82, 2.24) is 4.31 Å². The van der Waals surface area contributed by atoms with Crippen molar-refractivity contribution in [3.05, 3.63) is 52.0 Å². The number of rotatable bonds is 7. The first-order valence-electron chi connectivity index (χ1n) is 12.4. The van der Waals surface area contributed by atoms with Gasteiger partial charge in [0.25, 0.3) is 0 Å². The minimum absolute atomic E-state index is 0.0346. The van der Waals surface area contributed by atoms with Gasteiger partial charge in [0.15, 0.2) is 0 Å². The van der Waals surface area contributed by atoms with Gasteiger partial charge in [0.1, 0.15) is 0 Å². The number of esters is 1. The molecule has 0 saturated carbocycles. The molecule has 1 saturated heterocycles. The Morgan fingerprint density at radius 3 is 2.65 bits per heavy atom. The fraction of sp³-hybridized carbons (Fsp3) is 0.423. The lowest BCUT2D eigenvalue weighted by atomic mass is 9.98. The van der Waals surface area contributed by atoms with Gasteiger partial charge in [0.2, 0.25) is 21.8 Å². The second kappa shape index (κ2) is 11.3. The SMILES string of the molecule is CCOC(=O)c1cccc(NC(=O)[C@H]2CCCN(S(=O)(=O)c3cc4c(cc3Br)CCN4C(=O)CC)C2)c1. The summed E-state index contributed by atoms with van der Waals surface area (Å²) >= 11 is 3.42. The van der Waals surface area contributed by atoms with Crippen LogP contribution < -0.4 is 10.2 Å². The molecule has 0 bridgehead atoms. The molecule has 2 heterocycles. The molecule has 0 spiro atoms. The van der Waals surface area contributed by atoms with Crippen LogP contribution in [-0.2, 0) is 30.8 Å². The van der Waals surface area contributed by atoms with Crippen LogP contribution in [0.1, 0.15) is 49.0 Å². The standard InChI is InChI=1S/C26H30BrN3O6S/c1-3-24(31)30-12-10-17-14-21(27)23(15-22(17)30)37(34,35)29-11-6-8-19(16-29)25(32)28-20-9-5-7-18(13-20)26(33)36-4-2/h5,7,9,13-15,19H,3-4,6,8,10-12,16H2,1-2H3,(H,28,32)/t19-/m0/s1. The van der Waals surface area contributed by atoms with Gasteiger partial charge in [-0.2, -0.15) is 4.31 Å². The van der Waals surface area contributed by atoms with Crippen molar-refractivity contribution in [1.29, 1.82) is 0 Å².